The number of halogens is 2. The molecule has 33 heavy (non-hydrogen) atoms. The SMILES string of the molecule is CCCCCCn1nc(C(=O)OC(C)C(=O)Nc2cc(Cl)cc(Cl)c2)c2ccccc2c1=O. The van der Waals surface area contributed by atoms with E-state index in [-0.39, 0.29) is 11.3 Å². The topological polar surface area (TPSA) is 90.3 Å². The highest BCUT2D eigenvalue weighted by Gasteiger charge is 2.23. The van der Waals surface area contributed by atoms with Crippen LogP contribution < -0.4 is 10.9 Å². The van der Waals surface area contributed by atoms with Crippen molar-refractivity contribution in [2.75, 3.05) is 5.32 Å². The van der Waals surface area contributed by atoms with Gasteiger partial charge in [0.05, 0.1) is 5.39 Å². The van der Waals surface area contributed by atoms with Gasteiger partial charge in [0.2, 0.25) is 0 Å². The van der Waals surface area contributed by atoms with Gasteiger partial charge in [0.1, 0.15) is 0 Å². The Balaban J connectivity index is 1.81. The van der Waals surface area contributed by atoms with Gasteiger partial charge in [-0.25, -0.2) is 9.48 Å². The number of rotatable bonds is 9. The molecule has 174 valence electrons. The Morgan fingerprint density at radius 3 is 2.39 bits per heavy atom. The third-order valence-electron chi connectivity index (χ3n) is 5.07. The minimum atomic E-state index is -1.12. The zero-order valence-electron chi connectivity index (χ0n) is 18.4. The van der Waals surface area contributed by atoms with Gasteiger partial charge >= 0.3 is 5.97 Å². The average Bonchev–Trinajstić information content (AvgIpc) is 2.77. The van der Waals surface area contributed by atoms with Crippen molar-refractivity contribution in [2.24, 2.45) is 0 Å². The molecule has 3 rings (SSSR count). The summed E-state index contributed by atoms with van der Waals surface area (Å²) in [4.78, 5) is 38.3. The molecule has 7 nitrogen and oxygen atoms in total. The number of ether oxygens (including phenoxy) is 1. The fourth-order valence-electron chi connectivity index (χ4n) is 3.37. The van der Waals surface area contributed by atoms with E-state index in [9.17, 15) is 14.4 Å². The van der Waals surface area contributed by atoms with Crippen LogP contribution in [0.2, 0.25) is 10.0 Å². The molecule has 0 fully saturated rings. The van der Waals surface area contributed by atoms with E-state index in [2.05, 4.69) is 17.3 Å². The lowest BCUT2D eigenvalue weighted by atomic mass is 10.1. The Hall–Kier alpha value is -2.90. The molecular weight excluding hydrogens is 465 g/mol. The van der Waals surface area contributed by atoms with E-state index in [1.165, 1.54) is 29.8 Å². The van der Waals surface area contributed by atoms with Gasteiger partial charge < -0.3 is 10.1 Å². The molecule has 1 heterocycles. The van der Waals surface area contributed by atoms with Gasteiger partial charge in [0, 0.05) is 27.7 Å². The van der Waals surface area contributed by atoms with Crippen molar-refractivity contribution in [3.8, 4) is 0 Å². The maximum absolute atomic E-state index is 13.0. The molecule has 0 saturated heterocycles. The minimum absolute atomic E-state index is 0.00820. The second-order valence-corrected chi connectivity index (χ2v) is 8.55. The van der Waals surface area contributed by atoms with E-state index in [0.717, 1.165) is 25.7 Å². The first-order valence-corrected chi connectivity index (χ1v) is 11.5. The van der Waals surface area contributed by atoms with Crippen LogP contribution in [-0.2, 0) is 16.1 Å². The summed E-state index contributed by atoms with van der Waals surface area (Å²) in [7, 11) is 0. The first-order chi connectivity index (χ1) is 15.8. The highest BCUT2D eigenvalue weighted by Crippen LogP contribution is 2.23. The Bertz CT molecular complexity index is 1210. The first-order valence-electron chi connectivity index (χ1n) is 10.8. The molecule has 1 unspecified atom stereocenters. The molecule has 3 aromatic rings. The predicted molar refractivity (Wildman–Crippen MR) is 130 cm³/mol. The van der Waals surface area contributed by atoms with Crippen LogP contribution in [0, 0.1) is 0 Å². The molecule has 0 spiro atoms. The molecule has 2 aromatic carbocycles. The standard InChI is InChI=1S/C24H25Cl2N3O4/c1-3-4-5-8-11-29-23(31)20-10-7-6-9-19(20)21(28-29)24(32)33-15(2)22(30)27-18-13-16(25)12-17(26)14-18/h6-7,9-10,12-15H,3-5,8,11H2,1-2H3,(H,27,30). The third-order valence-corrected chi connectivity index (χ3v) is 5.50. The summed E-state index contributed by atoms with van der Waals surface area (Å²) < 4.78 is 6.68. The number of nitrogens with one attached hydrogen (secondary N) is 1. The smallest absolute Gasteiger partial charge is 0.360 e. The van der Waals surface area contributed by atoms with Gasteiger partial charge in [0.15, 0.2) is 11.8 Å². The van der Waals surface area contributed by atoms with E-state index in [1.807, 2.05) is 0 Å². The molecule has 0 aliphatic heterocycles. The summed E-state index contributed by atoms with van der Waals surface area (Å²) in [5, 5.41) is 8.38. The highest BCUT2D eigenvalue weighted by molar-refractivity contribution is 6.35. The number of aryl methyl sites for hydroxylation is 1. The highest BCUT2D eigenvalue weighted by atomic mass is 35.5. The maximum Gasteiger partial charge on any atom is 0.360 e. The number of carbonyl (C=O) groups excluding carboxylic acids is 2. The van der Waals surface area contributed by atoms with Gasteiger partial charge in [-0.05, 0) is 37.6 Å². The number of carbonyl (C=O) groups is 2. The summed E-state index contributed by atoms with van der Waals surface area (Å²) in [6, 6.07) is 11.3. The fourth-order valence-corrected chi connectivity index (χ4v) is 3.89. The summed E-state index contributed by atoms with van der Waals surface area (Å²) in [6.45, 7) is 3.95. The van der Waals surface area contributed by atoms with Crippen molar-refractivity contribution in [2.45, 2.75) is 52.2 Å². The minimum Gasteiger partial charge on any atom is -0.448 e. The van der Waals surface area contributed by atoms with Crippen LogP contribution in [0.5, 0.6) is 0 Å². The van der Waals surface area contributed by atoms with E-state index in [1.54, 1.807) is 24.3 Å². The number of unbranched alkanes of at least 4 members (excludes halogenated alkanes) is 3. The molecule has 1 amide bonds. The number of nitrogens with zero attached hydrogens (tertiary/aromatic N) is 2. The van der Waals surface area contributed by atoms with Crippen molar-refractivity contribution in [1.29, 1.82) is 0 Å². The Morgan fingerprint density at radius 2 is 1.73 bits per heavy atom. The molecule has 0 aliphatic carbocycles. The van der Waals surface area contributed by atoms with Crippen molar-refractivity contribution in [3.05, 3.63) is 68.6 Å². The Labute approximate surface area is 201 Å². The fraction of sp³-hybridized carbons (Fsp3) is 0.333. The lowest BCUT2D eigenvalue weighted by Crippen LogP contribution is -2.32. The van der Waals surface area contributed by atoms with Crippen molar-refractivity contribution >= 4 is 51.5 Å². The molecule has 1 atom stereocenters. The molecule has 0 saturated carbocycles. The predicted octanol–water partition coefficient (Wildman–Crippen LogP) is 5.47. The summed E-state index contributed by atoms with van der Waals surface area (Å²) in [5.41, 5.74) is 0.109. The summed E-state index contributed by atoms with van der Waals surface area (Å²) in [6.07, 6.45) is 2.73. The Morgan fingerprint density at radius 1 is 1.06 bits per heavy atom. The molecule has 0 aliphatic rings. The van der Waals surface area contributed by atoms with Crippen LogP contribution in [-0.4, -0.2) is 27.8 Å². The lowest BCUT2D eigenvalue weighted by molar-refractivity contribution is -0.123. The molecule has 9 heteroatoms. The third kappa shape index (κ3) is 6.33. The van der Waals surface area contributed by atoms with Crippen LogP contribution in [0.3, 0.4) is 0 Å². The van der Waals surface area contributed by atoms with E-state index < -0.39 is 18.0 Å². The monoisotopic (exact) mass is 489 g/mol. The quantitative estimate of drug-likeness (QED) is 0.318. The van der Waals surface area contributed by atoms with E-state index in [0.29, 0.717) is 33.0 Å². The van der Waals surface area contributed by atoms with Crippen LogP contribution in [0.25, 0.3) is 10.8 Å². The number of hydrogen-bond acceptors (Lipinski definition) is 5. The second-order valence-electron chi connectivity index (χ2n) is 7.68. The molecule has 1 aromatic heterocycles. The van der Waals surface area contributed by atoms with Crippen LogP contribution in [0.4, 0.5) is 5.69 Å². The van der Waals surface area contributed by atoms with Crippen molar-refractivity contribution < 1.29 is 14.3 Å². The van der Waals surface area contributed by atoms with Gasteiger partial charge in [-0.1, -0.05) is 67.6 Å². The summed E-state index contributed by atoms with van der Waals surface area (Å²) >= 11 is 11.9. The normalized spacial score (nSPS) is 11.9. The maximum atomic E-state index is 13.0. The number of fused-ring (bicyclic) bond motifs is 1. The number of aromatic nitrogens is 2. The van der Waals surface area contributed by atoms with Crippen molar-refractivity contribution in [1.82, 2.24) is 9.78 Å². The number of anilines is 1. The van der Waals surface area contributed by atoms with Gasteiger partial charge in [-0.2, -0.15) is 5.10 Å². The van der Waals surface area contributed by atoms with Crippen LogP contribution in [0.1, 0.15) is 50.0 Å². The van der Waals surface area contributed by atoms with Gasteiger partial charge in [-0.3, -0.25) is 9.59 Å². The number of amides is 1. The Kier molecular flexibility index (Phi) is 8.47. The largest absolute Gasteiger partial charge is 0.448 e. The van der Waals surface area contributed by atoms with E-state index >= 15 is 0 Å². The molecular formula is C24H25Cl2N3O4. The van der Waals surface area contributed by atoms with Gasteiger partial charge in [-0.15, -0.1) is 0 Å². The number of hydrogen-bond donors (Lipinski definition) is 1. The second kappa shape index (κ2) is 11.3. The zero-order valence-corrected chi connectivity index (χ0v) is 19.9. The number of esters is 1. The van der Waals surface area contributed by atoms with E-state index in [4.69, 9.17) is 27.9 Å². The number of benzene rings is 2. The van der Waals surface area contributed by atoms with Crippen LogP contribution in [0.15, 0.2) is 47.3 Å². The van der Waals surface area contributed by atoms with Crippen LogP contribution >= 0.6 is 23.2 Å². The zero-order chi connectivity index (χ0) is 24.0. The van der Waals surface area contributed by atoms with Gasteiger partial charge in [0.25, 0.3) is 11.5 Å². The molecule has 0 radical (unpaired) electrons. The van der Waals surface area contributed by atoms with Crippen molar-refractivity contribution in [3.63, 3.8) is 0 Å². The lowest BCUT2D eigenvalue weighted by Gasteiger charge is -2.15. The summed E-state index contributed by atoms with van der Waals surface area (Å²) in [5.74, 6) is -1.35. The average molecular weight is 490 g/mol. The first kappa shape index (κ1) is 24.7. The molecule has 0 bridgehead atoms. The molecule has 1 N–H and O–H groups in total.